The van der Waals surface area contributed by atoms with E-state index in [-0.39, 0.29) is 11.9 Å². The Morgan fingerprint density at radius 2 is 1.80 bits per heavy atom. The van der Waals surface area contributed by atoms with Gasteiger partial charge in [0.05, 0.1) is 5.69 Å². The maximum atomic E-state index is 14.3. The Morgan fingerprint density at radius 1 is 1.15 bits per heavy atom. The van der Waals surface area contributed by atoms with E-state index in [9.17, 15) is 4.39 Å². The van der Waals surface area contributed by atoms with Crippen LogP contribution in [0, 0.1) is 11.7 Å². The predicted octanol–water partition coefficient (Wildman–Crippen LogP) is 2.87. The third-order valence-electron chi connectivity index (χ3n) is 3.24. The van der Waals surface area contributed by atoms with Crippen LogP contribution in [0.4, 0.5) is 10.1 Å². The van der Waals surface area contributed by atoms with Crippen molar-refractivity contribution in [1.29, 1.82) is 0 Å². The van der Waals surface area contributed by atoms with E-state index >= 15 is 0 Å². The van der Waals surface area contributed by atoms with Crippen LogP contribution in [-0.4, -0.2) is 38.6 Å². The molecular weight excluding hydrogens is 253 g/mol. The van der Waals surface area contributed by atoms with Gasteiger partial charge in [-0.25, -0.2) is 4.39 Å². The highest BCUT2D eigenvalue weighted by molar-refractivity contribution is 5.49. The van der Waals surface area contributed by atoms with Crippen molar-refractivity contribution in [2.45, 2.75) is 26.8 Å². The Kier molecular flexibility index (Phi) is 6.43. The van der Waals surface area contributed by atoms with Crippen molar-refractivity contribution in [2.75, 3.05) is 38.6 Å². The van der Waals surface area contributed by atoms with Crippen LogP contribution in [0.15, 0.2) is 18.2 Å². The largest absolute Gasteiger partial charge is 0.368 e. The molecule has 0 fully saturated rings. The van der Waals surface area contributed by atoms with Gasteiger partial charge < -0.3 is 15.5 Å². The van der Waals surface area contributed by atoms with E-state index in [1.54, 1.807) is 6.07 Å². The second-order valence-corrected chi connectivity index (χ2v) is 6.14. The number of halogens is 1. The summed E-state index contributed by atoms with van der Waals surface area (Å²) in [7, 11) is 4.06. The highest BCUT2D eigenvalue weighted by Gasteiger charge is 2.14. The Bertz CT molecular complexity index is 416. The molecule has 0 spiro atoms. The monoisotopic (exact) mass is 281 g/mol. The maximum Gasteiger partial charge on any atom is 0.146 e. The van der Waals surface area contributed by atoms with Gasteiger partial charge in [0.25, 0.3) is 0 Å². The van der Waals surface area contributed by atoms with Gasteiger partial charge in [-0.3, -0.25) is 0 Å². The summed E-state index contributed by atoms with van der Waals surface area (Å²) >= 11 is 0. The number of anilines is 1. The predicted molar refractivity (Wildman–Crippen MR) is 84.6 cm³/mol. The molecule has 1 atom stereocenters. The minimum atomic E-state index is -0.181. The molecule has 1 aromatic carbocycles. The van der Waals surface area contributed by atoms with Crippen LogP contribution in [0.1, 0.15) is 32.4 Å². The molecule has 4 heteroatoms. The minimum Gasteiger partial charge on any atom is -0.368 e. The Hall–Kier alpha value is -1.13. The lowest BCUT2D eigenvalue weighted by Gasteiger charge is -2.28. The number of hydrogen-bond acceptors (Lipinski definition) is 3. The zero-order chi connectivity index (χ0) is 15.3. The second-order valence-electron chi connectivity index (χ2n) is 6.14. The number of nitrogens with two attached hydrogens (primary N) is 1. The molecule has 114 valence electrons. The number of rotatable bonds is 7. The first-order valence-electron chi connectivity index (χ1n) is 7.26. The van der Waals surface area contributed by atoms with Crippen molar-refractivity contribution in [3.63, 3.8) is 0 Å². The van der Waals surface area contributed by atoms with Gasteiger partial charge in [0.1, 0.15) is 5.82 Å². The smallest absolute Gasteiger partial charge is 0.146 e. The third kappa shape index (κ3) is 5.10. The van der Waals surface area contributed by atoms with E-state index in [0.717, 1.165) is 25.2 Å². The molecule has 0 saturated carbocycles. The fourth-order valence-electron chi connectivity index (χ4n) is 2.13. The van der Waals surface area contributed by atoms with Crippen molar-refractivity contribution in [3.05, 3.63) is 29.6 Å². The molecule has 0 radical (unpaired) electrons. The van der Waals surface area contributed by atoms with E-state index in [4.69, 9.17) is 5.73 Å². The van der Waals surface area contributed by atoms with Gasteiger partial charge in [0.2, 0.25) is 0 Å². The normalized spacial score (nSPS) is 13.1. The summed E-state index contributed by atoms with van der Waals surface area (Å²) in [5.74, 6) is 0.309. The van der Waals surface area contributed by atoms with Gasteiger partial charge in [0.15, 0.2) is 0 Å². The van der Waals surface area contributed by atoms with Gasteiger partial charge in [0, 0.05) is 25.7 Å². The van der Waals surface area contributed by atoms with Crippen LogP contribution in [0.2, 0.25) is 0 Å². The summed E-state index contributed by atoms with van der Waals surface area (Å²) in [6.45, 7) is 8.74. The first-order valence-corrected chi connectivity index (χ1v) is 7.26. The highest BCUT2D eigenvalue weighted by Crippen LogP contribution is 2.23. The Morgan fingerprint density at radius 3 is 2.25 bits per heavy atom. The van der Waals surface area contributed by atoms with Crippen LogP contribution < -0.4 is 10.6 Å². The molecule has 2 N–H and O–H groups in total. The van der Waals surface area contributed by atoms with Crippen LogP contribution in [0.5, 0.6) is 0 Å². The first kappa shape index (κ1) is 16.9. The molecule has 0 aliphatic heterocycles. The topological polar surface area (TPSA) is 32.5 Å². The van der Waals surface area contributed by atoms with Crippen molar-refractivity contribution in [2.24, 2.45) is 11.7 Å². The summed E-state index contributed by atoms with van der Waals surface area (Å²) < 4.78 is 14.3. The Balaban J connectivity index is 2.94. The molecule has 0 aliphatic carbocycles. The van der Waals surface area contributed by atoms with Crippen molar-refractivity contribution in [1.82, 2.24) is 4.90 Å². The van der Waals surface area contributed by atoms with Gasteiger partial charge in [-0.05, 0) is 44.6 Å². The van der Waals surface area contributed by atoms with Crippen LogP contribution >= 0.6 is 0 Å². The molecule has 0 heterocycles. The van der Waals surface area contributed by atoms with E-state index in [2.05, 4.69) is 23.6 Å². The lowest BCUT2D eigenvalue weighted by Crippen LogP contribution is -2.35. The van der Waals surface area contributed by atoms with E-state index in [1.165, 1.54) is 0 Å². The molecular formula is C16H28FN3. The molecule has 0 bridgehead atoms. The zero-order valence-corrected chi connectivity index (χ0v) is 13.4. The number of hydrogen-bond donors (Lipinski definition) is 1. The van der Waals surface area contributed by atoms with Crippen LogP contribution in [0.25, 0.3) is 0 Å². The number of nitrogens with zero attached hydrogens (tertiary/aromatic N) is 2. The van der Waals surface area contributed by atoms with E-state index in [1.807, 2.05) is 33.2 Å². The van der Waals surface area contributed by atoms with Gasteiger partial charge in [-0.2, -0.15) is 0 Å². The van der Waals surface area contributed by atoms with Crippen LogP contribution in [0.3, 0.4) is 0 Å². The van der Waals surface area contributed by atoms with Crippen molar-refractivity contribution >= 4 is 5.69 Å². The number of benzene rings is 1. The summed E-state index contributed by atoms with van der Waals surface area (Å²) in [6.07, 6.45) is 0. The molecule has 3 nitrogen and oxygen atoms in total. The van der Waals surface area contributed by atoms with Crippen molar-refractivity contribution in [3.8, 4) is 0 Å². The molecule has 20 heavy (non-hydrogen) atoms. The lowest BCUT2D eigenvalue weighted by atomic mass is 10.1. The van der Waals surface area contributed by atoms with Gasteiger partial charge >= 0.3 is 0 Å². The zero-order valence-electron chi connectivity index (χ0n) is 13.4. The van der Waals surface area contributed by atoms with E-state index in [0.29, 0.717) is 11.6 Å². The fourth-order valence-corrected chi connectivity index (χ4v) is 2.13. The number of likely N-dealkylation sites (N-methyl/N-ethyl adjacent to an activating group) is 1. The van der Waals surface area contributed by atoms with Gasteiger partial charge in [-0.1, -0.05) is 19.9 Å². The molecule has 0 aliphatic rings. The Labute approximate surface area is 122 Å². The van der Waals surface area contributed by atoms with E-state index < -0.39 is 0 Å². The van der Waals surface area contributed by atoms with Crippen molar-refractivity contribution < 1.29 is 4.39 Å². The average Bonchev–Trinajstić information content (AvgIpc) is 2.33. The lowest BCUT2D eigenvalue weighted by molar-refractivity contribution is 0.407. The molecule has 1 aromatic rings. The van der Waals surface area contributed by atoms with Crippen LogP contribution in [-0.2, 0) is 0 Å². The maximum absolute atomic E-state index is 14.3. The minimum absolute atomic E-state index is 0.140. The molecule has 1 rings (SSSR count). The summed E-state index contributed by atoms with van der Waals surface area (Å²) in [6, 6.07) is 5.19. The summed E-state index contributed by atoms with van der Waals surface area (Å²) in [5.41, 5.74) is 7.31. The first-order chi connectivity index (χ1) is 9.31. The average molecular weight is 281 g/mol. The quantitative estimate of drug-likeness (QED) is 0.834. The molecule has 1 unspecified atom stereocenters. The summed E-state index contributed by atoms with van der Waals surface area (Å²) in [4.78, 5) is 4.23. The molecule has 0 saturated heterocycles. The molecule has 0 amide bonds. The highest BCUT2D eigenvalue weighted by atomic mass is 19.1. The SMILES string of the molecule is CC(C)CN(CCN(C)C)c1ccc(C(C)N)cc1F. The van der Waals surface area contributed by atoms with Gasteiger partial charge in [-0.15, -0.1) is 0 Å². The third-order valence-corrected chi connectivity index (χ3v) is 3.24. The fraction of sp³-hybridized carbons (Fsp3) is 0.625. The summed E-state index contributed by atoms with van der Waals surface area (Å²) in [5, 5.41) is 0. The standard InChI is InChI=1S/C16H28FN3/c1-12(2)11-20(9-8-19(4)5)16-7-6-14(13(3)18)10-15(16)17/h6-7,10,12-13H,8-9,11,18H2,1-5H3. The molecule has 0 aromatic heterocycles. The second kappa shape index (κ2) is 7.60.